The van der Waals surface area contributed by atoms with E-state index in [0.29, 0.717) is 25.9 Å². The highest BCUT2D eigenvalue weighted by Crippen LogP contribution is 2.39. The smallest absolute Gasteiger partial charge is 0.236 e. The molecule has 1 aliphatic heterocycles. The Hall–Kier alpha value is -1.30. The number of amidine groups is 1. The van der Waals surface area contributed by atoms with Crippen molar-refractivity contribution in [3.05, 3.63) is 0 Å². The maximum atomic E-state index is 13.0. The zero-order valence-electron chi connectivity index (χ0n) is 12.3. The van der Waals surface area contributed by atoms with Gasteiger partial charge in [-0.25, -0.2) is 0 Å². The number of nitrogens with zero attached hydrogens (tertiary/aromatic N) is 2. The van der Waals surface area contributed by atoms with Crippen LogP contribution in [0.4, 0.5) is 0 Å². The van der Waals surface area contributed by atoms with E-state index in [-0.39, 0.29) is 24.0 Å². The van der Waals surface area contributed by atoms with E-state index in [4.69, 9.17) is 15.7 Å². The summed E-state index contributed by atoms with van der Waals surface area (Å²) in [4.78, 5) is 14.8. The Balaban J connectivity index is 2.22. The summed E-state index contributed by atoms with van der Waals surface area (Å²) in [6.07, 6.45) is 4.37. The second-order valence-electron chi connectivity index (χ2n) is 6.10. The van der Waals surface area contributed by atoms with Crippen molar-refractivity contribution in [2.75, 3.05) is 13.1 Å². The minimum atomic E-state index is -0.816. The van der Waals surface area contributed by atoms with Gasteiger partial charge in [0.1, 0.15) is 5.41 Å². The Kier molecular flexibility index (Phi) is 4.52. The molecule has 1 aliphatic carbocycles. The number of carbonyl (C=O) groups excluding carboxylic acids is 1. The van der Waals surface area contributed by atoms with E-state index in [1.807, 2.05) is 18.7 Å². The number of carbonyl (C=O) groups is 1. The highest BCUT2D eigenvalue weighted by atomic mass is 16.5. The predicted octanol–water partition coefficient (Wildman–Crippen LogP) is 1.32. The molecule has 0 bridgehead atoms. The Morgan fingerprint density at radius 1 is 1.25 bits per heavy atom. The van der Waals surface area contributed by atoms with Crippen LogP contribution in [0.1, 0.15) is 46.0 Å². The van der Waals surface area contributed by atoms with Crippen molar-refractivity contribution >= 4 is 11.7 Å². The van der Waals surface area contributed by atoms with Crippen LogP contribution in [-0.4, -0.2) is 47.1 Å². The van der Waals surface area contributed by atoms with Gasteiger partial charge in [-0.05, 0) is 26.7 Å². The first-order valence-corrected chi connectivity index (χ1v) is 7.42. The average Bonchev–Trinajstić information content (AvgIpc) is 2.45. The molecule has 0 radical (unpaired) electrons. The summed E-state index contributed by atoms with van der Waals surface area (Å²) in [5, 5.41) is 12.2. The summed E-state index contributed by atoms with van der Waals surface area (Å²) in [6, 6.07) is 0. The van der Waals surface area contributed by atoms with E-state index in [1.54, 1.807) is 0 Å². The van der Waals surface area contributed by atoms with Gasteiger partial charge >= 0.3 is 0 Å². The molecular weight excluding hydrogens is 258 g/mol. The molecule has 2 aliphatic rings. The summed E-state index contributed by atoms with van der Waals surface area (Å²) in [7, 11) is 0. The summed E-state index contributed by atoms with van der Waals surface area (Å²) in [6.45, 7) is 5.08. The molecule has 0 aromatic heterocycles. The van der Waals surface area contributed by atoms with Crippen molar-refractivity contribution in [1.82, 2.24) is 4.90 Å². The molecule has 1 saturated heterocycles. The monoisotopic (exact) mass is 283 g/mol. The first-order valence-electron chi connectivity index (χ1n) is 7.42. The van der Waals surface area contributed by atoms with Gasteiger partial charge in [0.2, 0.25) is 5.91 Å². The fraction of sp³-hybridized carbons (Fsp3) is 0.857. The highest BCUT2D eigenvalue weighted by molar-refractivity contribution is 6.06. The highest BCUT2D eigenvalue weighted by Gasteiger charge is 2.47. The van der Waals surface area contributed by atoms with Crippen LogP contribution >= 0.6 is 0 Å². The van der Waals surface area contributed by atoms with Crippen LogP contribution in [0.15, 0.2) is 5.16 Å². The average molecular weight is 283 g/mol. The lowest BCUT2D eigenvalue weighted by Gasteiger charge is -2.42. The molecule has 0 unspecified atom stereocenters. The summed E-state index contributed by atoms with van der Waals surface area (Å²) in [5.74, 6) is 0.0588. The molecule has 3 N–H and O–H groups in total. The van der Waals surface area contributed by atoms with Crippen molar-refractivity contribution in [3.63, 3.8) is 0 Å². The number of amides is 1. The normalized spacial score (nSPS) is 31.1. The Bertz CT molecular complexity index is 381. The SMILES string of the molecule is C[C@@H]1CN(C(=O)C2(C(N)=NO)CCCCC2)C[C@H](C)O1. The second kappa shape index (κ2) is 5.99. The molecule has 6 heteroatoms. The molecule has 2 rings (SSSR count). The first-order chi connectivity index (χ1) is 9.49. The van der Waals surface area contributed by atoms with Gasteiger partial charge < -0.3 is 20.6 Å². The van der Waals surface area contributed by atoms with Crippen molar-refractivity contribution in [2.45, 2.75) is 58.2 Å². The third-order valence-corrected chi connectivity index (χ3v) is 4.42. The van der Waals surface area contributed by atoms with Gasteiger partial charge in [-0.1, -0.05) is 24.4 Å². The maximum Gasteiger partial charge on any atom is 0.236 e. The van der Waals surface area contributed by atoms with E-state index in [0.717, 1.165) is 19.3 Å². The number of hydrogen-bond donors (Lipinski definition) is 2. The molecular formula is C14H25N3O3. The van der Waals surface area contributed by atoms with E-state index in [2.05, 4.69) is 5.16 Å². The molecule has 2 atom stereocenters. The van der Waals surface area contributed by atoms with Crippen molar-refractivity contribution in [3.8, 4) is 0 Å². The van der Waals surface area contributed by atoms with E-state index >= 15 is 0 Å². The van der Waals surface area contributed by atoms with E-state index < -0.39 is 5.41 Å². The molecule has 2 fully saturated rings. The van der Waals surface area contributed by atoms with Gasteiger partial charge in [0.25, 0.3) is 0 Å². The van der Waals surface area contributed by atoms with Crippen LogP contribution in [0.25, 0.3) is 0 Å². The molecule has 1 amide bonds. The molecule has 20 heavy (non-hydrogen) atoms. The number of oxime groups is 1. The molecule has 6 nitrogen and oxygen atoms in total. The van der Waals surface area contributed by atoms with Gasteiger partial charge in [-0.15, -0.1) is 0 Å². The number of rotatable bonds is 2. The van der Waals surface area contributed by atoms with Gasteiger partial charge in [-0.2, -0.15) is 0 Å². The lowest BCUT2D eigenvalue weighted by molar-refractivity contribution is -0.151. The Morgan fingerprint density at radius 2 is 1.80 bits per heavy atom. The minimum Gasteiger partial charge on any atom is -0.409 e. The van der Waals surface area contributed by atoms with Gasteiger partial charge in [0.05, 0.1) is 12.2 Å². The minimum absolute atomic E-state index is 0.00509. The second-order valence-corrected chi connectivity index (χ2v) is 6.10. The largest absolute Gasteiger partial charge is 0.409 e. The lowest BCUT2D eigenvalue weighted by Crippen LogP contribution is -2.57. The van der Waals surface area contributed by atoms with E-state index in [9.17, 15) is 4.79 Å². The zero-order valence-corrected chi connectivity index (χ0v) is 12.3. The maximum absolute atomic E-state index is 13.0. The fourth-order valence-electron chi connectivity index (χ4n) is 3.48. The molecule has 0 spiro atoms. The topological polar surface area (TPSA) is 88.2 Å². The standard InChI is InChI=1S/C14H25N3O3/c1-10-8-17(9-11(2)20-10)13(18)14(12(15)16-19)6-4-3-5-7-14/h10-11,19H,3-9H2,1-2H3,(H2,15,16)/t10-,11+. The summed E-state index contributed by atoms with van der Waals surface area (Å²) >= 11 is 0. The number of nitrogens with two attached hydrogens (primary N) is 1. The van der Waals surface area contributed by atoms with Crippen molar-refractivity contribution in [2.24, 2.45) is 16.3 Å². The van der Waals surface area contributed by atoms with Crippen molar-refractivity contribution < 1.29 is 14.7 Å². The third-order valence-electron chi connectivity index (χ3n) is 4.42. The number of morpholine rings is 1. The van der Waals surface area contributed by atoms with Gasteiger partial charge in [-0.3, -0.25) is 4.79 Å². The van der Waals surface area contributed by atoms with Crippen LogP contribution < -0.4 is 5.73 Å². The van der Waals surface area contributed by atoms with Gasteiger partial charge in [0, 0.05) is 13.1 Å². The van der Waals surface area contributed by atoms with Crippen LogP contribution in [0.2, 0.25) is 0 Å². The van der Waals surface area contributed by atoms with Crippen LogP contribution in [0.3, 0.4) is 0 Å². The third kappa shape index (κ3) is 2.75. The van der Waals surface area contributed by atoms with Crippen LogP contribution in [-0.2, 0) is 9.53 Å². The van der Waals surface area contributed by atoms with Gasteiger partial charge in [0.15, 0.2) is 5.84 Å². The van der Waals surface area contributed by atoms with Crippen LogP contribution in [0, 0.1) is 5.41 Å². The number of hydrogen-bond acceptors (Lipinski definition) is 4. The predicted molar refractivity (Wildman–Crippen MR) is 75.5 cm³/mol. The number of ether oxygens (including phenoxy) is 1. The quantitative estimate of drug-likeness (QED) is 0.346. The molecule has 0 aromatic carbocycles. The lowest BCUT2D eigenvalue weighted by atomic mass is 9.72. The molecule has 1 heterocycles. The summed E-state index contributed by atoms with van der Waals surface area (Å²) < 4.78 is 5.67. The molecule has 0 aromatic rings. The van der Waals surface area contributed by atoms with Crippen LogP contribution in [0.5, 0.6) is 0 Å². The molecule has 1 saturated carbocycles. The fourth-order valence-corrected chi connectivity index (χ4v) is 3.48. The van der Waals surface area contributed by atoms with E-state index in [1.165, 1.54) is 0 Å². The van der Waals surface area contributed by atoms with Crippen molar-refractivity contribution in [1.29, 1.82) is 0 Å². The molecule has 114 valence electrons. The first kappa shape index (κ1) is 15.1. The Morgan fingerprint density at radius 3 is 2.30 bits per heavy atom. The Labute approximate surface area is 119 Å². The summed E-state index contributed by atoms with van der Waals surface area (Å²) in [5.41, 5.74) is 5.07. The zero-order chi connectivity index (χ0) is 14.8.